The van der Waals surface area contributed by atoms with Crippen LogP contribution in [0.15, 0.2) is 66.7 Å². The van der Waals surface area contributed by atoms with Crippen molar-refractivity contribution in [3.8, 4) is 0 Å². The van der Waals surface area contributed by atoms with Gasteiger partial charge in [0.2, 0.25) is 0 Å². The molecule has 0 unspecified atom stereocenters. The fraction of sp³-hybridized carbons (Fsp3) is 0.200. The van der Waals surface area contributed by atoms with Crippen molar-refractivity contribution in [2.45, 2.75) is 18.3 Å². The first-order chi connectivity index (χ1) is 15.4. The monoisotopic (exact) mass is 466 g/mol. The fourth-order valence-electron chi connectivity index (χ4n) is 4.40. The summed E-state index contributed by atoms with van der Waals surface area (Å²) in [7, 11) is 0. The lowest BCUT2D eigenvalue weighted by Gasteiger charge is -2.33. The zero-order chi connectivity index (χ0) is 22.5. The van der Waals surface area contributed by atoms with Gasteiger partial charge in [-0.3, -0.25) is 9.59 Å². The Morgan fingerprint density at radius 3 is 2.62 bits per heavy atom. The van der Waals surface area contributed by atoms with Crippen LogP contribution in [0.3, 0.4) is 0 Å². The summed E-state index contributed by atoms with van der Waals surface area (Å²) < 4.78 is 14.5. The van der Waals surface area contributed by atoms with E-state index in [1.807, 2.05) is 37.3 Å². The number of fused-ring (bicyclic) bond motifs is 2. The summed E-state index contributed by atoms with van der Waals surface area (Å²) in [6.07, 6.45) is 0. The number of amides is 2. The van der Waals surface area contributed by atoms with Gasteiger partial charge in [0.05, 0.1) is 17.8 Å². The highest BCUT2D eigenvalue weighted by Gasteiger charge is 2.59. The molecule has 1 fully saturated rings. The van der Waals surface area contributed by atoms with Crippen LogP contribution in [0, 0.1) is 12.7 Å². The second-order valence-corrected chi connectivity index (χ2v) is 9.69. The molecule has 3 aromatic carbocycles. The number of hydrogen-bond acceptors (Lipinski definition) is 3. The average Bonchev–Trinajstić information content (AvgIpc) is 3.32. The number of nitrogens with zero attached hydrogens (tertiary/aromatic N) is 2. The molecule has 2 amide bonds. The van der Waals surface area contributed by atoms with E-state index in [2.05, 4.69) is 0 Å². The van der Waals surface area contributed by atoms with E-state index in [4.69, 9.17) is 11.6 Å². The third kappa shape index (κ3) is 3.21. The molecule has 2 aliphatic rings. The number of hydrogen-bond donors (Lipinski definition) is 0. The molecule has 1 spiro atoms. The summed E-state index contributed by atoms with van der Waals surface area (Å²) in [6, 6.07) is 19.2. The minimum absolute atomic E-state index is 0.0391. The fourth-order valence-corrected chi connectivity index (χ4v) is 6.02. The van der Waals surface area contributed by atoms with E-state index in [0.717, 1.165) is 16.8 Å². The summed E-state index contributed by atoms with van der Waals surface area (Å²) in [6.45, 7) is 2.73. The van der Waals surface area contributed by atoms with Gasteiger partial charge < -0.3 is 9.80 Å². The topological polar surface area (TPSA) is 40.6 Å². The van der Waals surface area contributed by atoms with Crippen molar-refractivity contribution < 1.29 is 14.0 Å². The Balaban J connectivity index is 1.60. The van der Waals surface area contributed by atoms with Crippen molar-refractivity contribution in [2.24, 2.45) is 0 Å². The molecule has 0 aromatic heterocycles. The molecule has 0 aliphatic carbocycles. The quantitative estimate of drug-likeness (QED) is 0.520. The predicted molar refractivity (Wildman–Crippen MR) is 125 cm³/mol. The maximum atomic E-state index is 14.5. The molecule has 3 aromatic rings. The van der Waals surface area contributed by atoms with Crippen LogP contribution in [0.4, 0.5) is 10.1 Å². The molecule has 0 bridgehead atoms. The Labute approximate surface area is 195 Å². The molecule has 2 heterocycles. The lowest BCUT2D eigenvalue weighted by atomic mass is 10.0. The first-order valence-corrected chi connectivity index (χ1v) is 11.7. The third-order valence-corrected chi connectivity index (χ3v) is 7.62. The molecular formula is C25H20ClFN2O2S. The molecule has 162 valence electrons. The smallest absolute Gasteiger partial charge is 0.268 e. The minimum atomic E-state index is -1.26. The van der Waals surface area contributed by atoms with E-state index in [-0.39, 0.29) is 11.5 Å². The number of anilines is 1. The number of carbonyl (C=O) groups is 2. The number of aryl methyl sites for hydroxylation is 1. The van der Waals surface area contributed by atoms with Crippen LogP contribution in [-0.4, -0.2) is 29.0 Å². The van der Waals surface area contributed by atoms with Crippen LogP contribution < -0.4 is 4.90 Å². The van der Waals surface area contributed by atoms with Gasteiger partial charge in [-0.15, -0.1) is 11.8 Å². The van der Waals surface area contributed by atoms with Gasteiger partial charge in [0.25, 0.3) is 11.8 Å². The van der Waals surface area contributed by atoms with Crippen LogP contribution in [0.1, 0.15) is 27.0 Å². The largest absolute Gasteiger partial charge is 0.311 e. The molecule has 5 rings (SSSR count). The number of rotatable bonds is 3. The van der Waals surface area contributed by atoms with Gasteiger partial charge in [0, 0.05) is 22.9 Å². The zero-order valence-corrected chi connectivity index (χ0v) is 18.9. The van der Waals surface area contributed by atoms with Crippen molar-refractivity contribution in [1.29, 1.82) is 0 Å². The van der Waals surface area contributed by atoms with Gasteiger partial charge in [0.1, 0.15) is 5.82 Å². The highest BCUT2D eigenvalue weighted by Crippen LogP contribution is 2.55. The van der Waals surface area contributed by atoms with E-state index < -0.39 is 16.6 Å². The highest BCUT2D eigenvalue weighted by atomic mass is 35.5. The maximum Gasteiger partial charge on any atom is 0.268 e. The third-order valence-electron chi connectivity index (χ3n) is 5.97. The molecule has 2 aliphatic heterocycles. The number of benzene rings is 3. The van der Waals surface area contributed by atoms with Crippen molar-refractivity contribution >= 4 is 40.9 Å². The second-order valence-electron chi connectivity index (χ2n) is 7.97. The van der Waals surface area contributed by atoms with Crippen LogP contribution >= 0.6 is 23.4 Å². The Morgan fingerprint density at radius 1 is 1.12 bits per heavy atom. The molecule has 1 atom stereocenters. The Bertz CT molecular complexity index is 1230. The molecule has 1 saturated heterocycles. The van der Waals surface area contributed by atoms with Crippen molar-refractivity contribution in [2.75, 3.05) is 17.2 Å². The van der Waals surface area contributed by atoms with Crippen LogP contribution in [0.2, 0.25) is 5.02 Å². The van der Waals surface area contributed by atoms with Gasteiger partial charge in [-0.25, -0.2) is 4.39 Å². The SMILES string of the molecule is Cc1ccc(CN2C(=O)[C@@]3(SCCN3C(=O)c3ccccc3F)c3cc(Cl)ccc32)cc1. The van der Waals surface area contributed by atoms with Crippen LogP contribution in [0.5, 0.6) is 0 Å². The van der Waals surface area contributed by atoms with Gasteiger partial charge >= 0.3 is 0 Å². The lowest BCUT2D eigenvalue weighted by molar-refractivity contribution is -0.123. The lowest BCUT2D eigenvalue weighted by Crippen LogP contribution is -2.50. The predicted octanol–water partition coefficient (Wildman–Crippen LogP) is 5.38. The highest BCUT2D eigenvalue weighted by molar-refractivity contribution is 8.01. The summed E-state index contributed by atoms with van der Waals surface area (Å²) in [4.78, 5) is 29.4. The Kier molecular flexibility index (Phi) is 5.22. The number of halogens is 2. The van der Waals surface area contributed by atoms with E-state index in [0.29, 0.717) is 29.4 Å². The van der Waals surface area contributed by atoms with E-state index in [1.54, 1.807) is 29.2 Å². The first kappa shape index (κ1) is 21.0. The molecule has 4 nitrogen and oxygen atoms in total. The summed E-state index contributed by atoms with van der Waals surface area (Å²) in [5.41, 5.74) is 3.48. The number of thioether (sulfide) groups is 1. The summed E-state index contributed by atoms with van der Waals surface area (Å²) in [5, 5.41) is 0.485. The second kappa shape index (κ2) is 7.94. The molecular weight excluding hydrogens is 447 g/mol. The normalized spacial score (nSPS) is 19.7. The van der Waals surface area contributed by atoms with Crippen molar-refractivity contribution in [3.63, 3.8) is 0 Å². The Hall–Kier alpha value is -2.83. The van der Waals surface area contributed by atoms with Gasteiger partial charge in [0.15, 0.2) is 4.87 Å². The summed E-state index contributed by atoms with van der Waals surface area (Å²) in [5.74, 6) is -0.735. The number of carbonyl (C=O) groups excluding carboxylic acids is 2. The van der Waals surface area contributed by atoms with Crippen molar-refractivity contribution in [1.82, 2.24) is 4.90 Å². The summed E-state index contributed by atoms with van der Waals surface area (Å²) >= 11 is 7.72. The molecule has 0 N–H and O–H groups in total. The molecule has 0 saturated carbocycles. The van der Waals surface area contributed by atoms with E-state index >= 15 is 0 Å². The average molecular weight is 467 g/mol. The Morgan fingerprint density at radius 2 is 1.88 bits per heavy atom. The molecule has 7 heteroatoms. The maximum absolute atomic E-state index is 14.5. The van der Waals surface area contributed by atoms with Gasteiger partial charge in [-0.1, -0.05) is 53.6 Å². The van der Waals surface area contributed by atoms with Crippen LogP contribution in [0.25, 0.3) is 0 Å². The van der Waals surface area contributed by atoms with Gasteiger partial charge in [-0.05, 0) is 42.8 Å². The standard InChI is InChI=1S/C25H20ClFN2O2S/c1-16-6-8-17(9-7-16)15-28-22-11-10-18(26)14-20(22)25(24(28)31)29(12-13-32-25)23(30)19-4-2-3-5-21(19)27/h2-11,14H,12-13,15H2,1H3/t25-/m0/s1. The van der Waals surface area contributed by atoms with Gasteiger partial charge in [-0.2, -0.15) is 0 Å². The van der Waals surface area contributed by atoms with Crippen LogP contribution in [-0.2, 0) is 16.2 Å². The minimum Gasteiger partial charge on any atom is -0.311 e. The first-order valence-electron chi connectivity index (χ1n) is 10.3. The van der Waals surface area contributed by atoms with E-state index in [9.17, 15) is 14.0 Å². The van der Waals surface area contributed by atoms with Crippen molar-refractivity contribution in [3.05, 3.63) is 99.8 Å². The van der Waals surface area contributed by atoms with E-state index in [1.165, 1.54) is 28.8 Å². The molecule has 0 radical (unpaired) electrons. The molecule has 32 heavy (non-hydrogen) atoms. The zero-order valence-electron chi connectivity index (χ0n) is 17.3.